The zero-order valence-electron chi connectivity index (χ0n) is 8.18. The van der Waals surface area contributed by atoms with Gasteiger partial charge in [-0.15, -0.1) is 11.3 Å². The van der Waals surface area contributed by atoms with Crippen LogP contribution in [-0.4, -0.2) is 7.11 Å². The van der Waals surface area contributed by atoms with E-state index in [1.54, 1.807) is 18.4 Å². The summed E-state index contributed by atoms with van der Waals surface area (Å²) < 4.78 is 5.13. The lowest BCUT2D eigenvalue weighted by Gasteiger charge is -2.16. The van der Waals surface area contributed by atoms with Crippen molar-refractivity contribution in [2.75, 3.05) is 7.11 Å². The van der Waals surface area contributed by atoms with Crippen molar-refractivity contribution in [3.8, 4) is 5.06 Å². The van der Waals surface area contributed by atoms with Crippen LogP contribution < -0.4 is 4.74 Å². The SMILES string of the molecule is COc1cc(CC(C)(C)C)cs1. The van der Waals surface area contributed by atoms with Gasteiger partial charge in [0.05, 0.1) is 7.11 Å². The molecule has 0 spiro atoms. The molecular weight excluding hydrogens is 168 g/mol. The van der Waals surface area contributed by atoms with Gasteiger partial charge >= 0.3 is 0 Å². The minimum Gasteiger partial charge on any atom is -0.487 e. The lowest BCUT2D eigenvalue weighted by Crippen LogP contribution is -2.08. The van der Waals surface area contributed by atoms with Crippen LogP contribution in [-0.2, 0) is 6.42 Å². The fourth-order valence-corrected chi connectivity index (χ4v) is 1.90. The summed E-state index contributed by atoms with van der Waals surface area (Å²) in [6.45, 7) is 6.74. The molecule has 1 rings (SSSR count). The third-order valence-corrected chi connectivity index (χ3v) is 2.50. The summed E-state index contributed by atoms with van der Waals surface area (Å²) >= 11 is 1.67. The summed E-state index contributed by atoms with van der Waals surface area (Å²) in [5, 5.41) is 3.18. The first-order valence-electron chi connectivity index (χ1n) is 4.13. The Morgan fingerprint density at radius 3 is 2.50 bits per heavy atom. The standard InChI is InChI=1S/C10H16OS/c1-10(2,3)6-8-5-9(11-4)12-7-8/h5,7H,6H2,1-4H3. The van der Waals surface area contributed by atoms with E-state index in [0.717, 1.165) is 11.5 Å². The largest absolute Gasteiger partial charge is 0.487 e. The molecule has 1 nitrogen and oxygen atoms in total. The molecule has 1 aromatic heterocycles. The highest BCUT2D eigenvalue weighted by atomic mass is 32.1. The fraction of sp³-hybridized carbons (Fsp3) is 0.600. The van der Waals surface area contributed by atoms with Crippen molar-refractivity contribution in [3.05, 3.63) is 17.0 Å². The lowest BCUT2D eigenvalue weighted by atomic mass is 9.89. The maximum absolute atomic E-state index is 5.13. The first-order chi connectivity index (χ1) is 5.51. The van der Waals surface area contributed by atoms with Crippen molar-refractivity contribution in [1.82, 2.24) is 0 Å². The highest BCUT2D eigenvalue weighted by Crippen LogP contribution is 2.28. The molecule has 0 aliphatic rings. The van der Waals surface area contributed by atoms with Crippen LogP contribution in [0.3, 0.4) is 0 Å². The molecule has 0 radical (unpaired) electrons. The van der Waals surface area contributed by atoms with E-state index in [4.69, 9.17) is 4.74 Å². The number of hydrogen-bond donors (Lipinski definition) is 0. The van der Waals surface area contributed by atoms with E-state index in [2.05, 4.69) is 32.2 Å². The van der Waals surface area contributed by atoms with E-state index in [1.807, 2.05) is 0 Å². The summed E-state index contributed by atoms with van der Waals surface area (Å²) in [4.78, 5) is 0. The number of ether oxygens (including phenoxy) is 1. The van der Waals surface area contributed by atoms with Crippen molar-refractivity contribution in [2.45, 2.75) is 27.2 Å². The molecule has 1 aromatic rings. The zero-order chi connectivity index (χ0) is 9.19. The Balaban J connectivity index is 2.64. The molecule has 0 fully saturated rings. The van der Waals surface area contributed by atoms with Crippen molar-refractivity contribution in [1.29, 1.82) is 0 Å². The van der Waals surface area contributed by atoms with Gasteiger partial charge in [-0.1, -0.05) is 20.8 Å². The number of rotatable bonds is 2. The van der Waals surface area contributed by atoms with Gasteiger partial charge in [0.2, 0.25) is 0 Å². The van der Waals surface area contributed by atoms with E-state index in [-0.39, 0.29) is 0 Å². The maximum atomic E-state index is 5.13. The smallest absolute Gasteiger partial charge is 0.173 e. The Morgan fingerprint density at radius 1 is 1.42 bits per heavy atom. The van der Waals surface area contributed by atoms with Gasteiger partial charge in [-0.05, 0) is 28.8 Å². The van der Waals surface area contributed by atoms with Crippen LogP contribution in [0.5, 0.6) is 5.06 Å². The van der Waals surface area contributed by atoms with Crippen LogP contribution in [0.2, 0.25) is 0 Å². The minimum atomic E-state index is 0.367. The van der Waals surface area contributed by atoms with Gasteiger partial charge in [0, 0.05) is 0 Å². The first-order valence-corrected chi connectivity index (χ1v) is 5.00. The van der Waals surface area contributed by atoms with E-state index in [1.165, 1.54) is 5.56 Å². The van der Waals surface area contributed by atoms with Gasteiger partial charge in [0.15, 0.2) is 5.06 Å². The molecule has 0 saturated heterocycles. The average Bonchev–Trinajstić information content (AvgIpc) is 2.32. The predicted molar refractivity (Wildman–Crippen MR) is 54.0 cm³/mol. The molecule has 0 aliphatic carbocycles. The highest BCUT2D eigenvalue weighted by Gasteiger charge is 2.12. The molecule has 0 aliphatic heterocycles. The van der Waals surface area contributed by atoms with Gasteiger partial charge in [-0.2, -0.15) is 0 Å². The van der Waals surface area contributed by atoms with Crippen LogP contribution in [0, 0.1) is 5.41 Å². The number of thiophene rings is 1. The fourth-order valence-electron chi connectivity index (χ4n) is 1.17. The Hall–Kier alpha value is -0.500. The lowest BCUT2D eigenvalue weighted by molar-refractivity contribution is 0.408. The highest BCUT2D eigenvalue weighted by molar-refractivity contribution is 7.12. The molecule has 0 unspecified atom stereocenters. The average molecular weight is 184 g/mol. The summed E-state index contributed by atoms with van der Waals surface area (Å²) in [5.74, 6) is 0. The Morgan fingerprint density at radius 2 is 2.08 bits per heavy atom. The summed E-state index contributed by atoms with van der Waals surface area (Å²) in [7, 11) is 1.71. The van der Waals surface area contributed by atoms with E-state index < -0.39 is 0 Å². The molecule has 0 aromatic carbocycles. The van der Waals surface area contributed by atoms with Crippen molar-refractivity contribution in [3.63, 3.8) is 0 Å². The van der Waals surface area contributed by atoms with Crippen molar-refractivity contribution < 1.29 is 4.74 Å². The summed E-state index contributed by atoms with van der Waals surface area (Å²) in [6.07, 6.45) is 1.12. The number of hydrogen-bond acceptors (Lipinski definition) is 2. The minimum absolute atomic E-state index is 0.367. The first kappa shape index (κ1) is 9.59. The molecular formula is C10H16OS. The van der Waals surface area contributed by atoms with Crippen LogP contribution in [0.25, 0.3) is 0 Å². The second kappa shape index (κ2) is 3.48. The molecule has 12 heavy (non-hydrogen) atoms. The van der Waals surface area contributed by atoms with Crippen LogP contribution in [0.15, 0.2) is 11.4 Å². The van der Waals surface area contributed by atoms with Crippen LogP contribution in [0.4, 0.5) is 0 Å². The van der Waals surface area contributed by atoms with E-state index in [9.17, 15) is 0 Å². The van der Waals surface area contributed by atoms with Crippen molar-refractivity contribution in [2.24, 2.45) is 5.41 Å². The summed E-state index contributed by atoms with van der Waals surface area (Å²) in [6, 6.07) is 2.12. The van der Waals surface area contributed by atoms with Gasteiger partial charge in [-0.25, -0.2) is 0 Å². The van der Waals surface area contributed by atoms with Gasteiger partial charge in [0.1, 0.15) is 0 Å². The number of methoxy groups -OCH3 is 1. The van der Waals surface area contributed by atoms with Crippen molar-refractivity contribution >= 4 is 11.3 Å². The molecule has 0 N–H and O–H groups in total. The second-order valence-electron chi connectivity index (χ2n) is 4.22. The molecule has 1 heterocycles. The van der Waals surface area contributed by atoms with Crippen LogP contribution in [0.1, 0.15) is 26.3 Å². The molecule has 0 saturated carbocycles. The van der Waals surface area contributed by atoms with Gasteiger partial charge < -0.3 is 4.74 Å². The monoisotopic (exact) mass is 184 g/mol. The van der Waals surface area contributed by atoms with Gasteiger partial charge in [0.25, 0.3) is 0 Å². The Kier molecular flexibility index (Phi) is 2.78. The molecule has 0 atom stereocenters. The van der Waals surface area contributed by atoms with E-state index >= 15 is 0 Å². The third kappa shape index (κ3) is 2.86. The Bertz CT molecular complexity index is 245. The van der Waals surface area contributed by atoms with Gasteiger partial charge in [-0.3, -0.25) is 0 Å². The molecule has 0 amide bonds. The second-order valence-corrected chi connectivity index (χ2v) is 5.09. The third-order valence-electron chi connectivity index (χ3n) is 1.57. The molecule has 68 valence electrons. The molecule has 2 heteroatoms. The maximum Gasteiger partial charge on any atom is 0.173 e. The van der Waals surface area contributed by atoms with Crippen LogP contribution >= 0.6 is 11.3 Å². The summed E-state index contributed by atoms with van der Waals surface area (Å²) in [5.41, 5.74) is 1.75. The zero-order valence-corrected chi connectivity index (χ0v) is 8.99. The predicted octanol–water partition coefficient (Wildman–Crippen LogP) is 3.35. The molecule has 0 bridgehead atoms. The normalized spacial score (nSPS) is 11.7. The quantitative estimate of drug-likeness (QED) is 0.685. The Labute approximate surface area is 78.4 Å². The van der Waals surface area contributed by atoms with E-state index in [0.29, 0.717) is 5.41 Å². The topological polar surface area (TPSA) is 9.23 Å².